The van der Waals surface area contributed by atoms with Gasteiger partial charge in [-0.05, 0) is 109 Å². The number of ether oxygens (including phenoxy) is 3. The topological polar surface area (TPSA) is 61.8 Å². The summed E-state index contributed by atoms with van der Waals surface area (Å²) in [5.41, 5.74) is 0. The largest absolute Gasteiger partial charge is 0.462 e. The molecule has 0 spiro atoms. The molecule has 0 rings (SSSR count). The highest BCUT2D eigenvalue weighted by atomic mass is 16.6. The maximum atomic E-state index is 12.8. The van der Waals surface area contributed by atoms with Crippen molar-refractivity contribution in [1.82, 2.24) is 0 Å². The Hall–Kier alpha value is -3.44. The summed E-state index contributed by atoms with van der Waals surface area (Å²) in [7, 11) is 0. The van der Waals surface area contributed by atoms with E-state index in [1.807, 2.05) is 0 Å². The van der Waals surface area contributed by atoms with Crippen LogP contribution in [0.5, 0.6) is 0 Å². The molecule has 64 heavy (non-hydrogen) atoms. The Morgan fingerprint density at radius 1 is 0.359 bits per heavy atom. The Kier molecular flexibility index (Phi) is 51.0. The molecule has 0 fully saturated rings. The van der Waals surface area contributed by atoms with Crippen LogP contribution in [0, 0.1) is 0 Å². The molecule has 0 bridgehead atoms. The molecule has 0 saturated carbocycles. The van der Waals surface area contributed by atoms with Gasteiger partial charge in [0, 0.05) is 12.8 Å². The minimum Gasteiger partial charge on any atom is -0.462 e. The Balaban J connectivity index is 4.42. The van der Waals surface area contributed by atoms with Crippen LogP contribution in [0.25, 0.3) is 0 Å². The Bertz CT molecular complexity index is 1280. The van der Waals surface area contributed by atoms with E-state index in [0.717, 1.165) is 109 Å². The highest BCUT2D eigenvalue weighted by Crippen LogP contribution is 2.13. The van der Waals surface area contributed by atoms with E-state index in [-0.39, 0.29) is 25.2 Å². The lowest BCUT2D eigenvalue weighted by Gasteiger charge is -2.18. The third-order valence-electron chi connectivity index (χ3n) is 10.8. The monoisotopic (exact) mass is 887 g/mol. The summed E-state index contributed by atoms with van der Waals surface area (Å²) in [6.07, 6.45) is 74.0. The first-order valence-corrected chi connectivity index (χ1v) is 26.4. The van der Waals surface area contributed by atoms with E-state index in [4.69, 9.17) is 14.2 Å². The smallest absolute Gasteiger partial charge is 0.306 e. The average molecular weight is 887 g/mol. The van der Waals surface area contributed by atoms with E-state index in [1.165, 1.54) is 83.5 Å². The van der Waals surface area contributed by atoms with Gasteiger partial charge < -0.3 is 14.2 Å². The predicted octanol–water partition coefficient (Wildman–Crippen LogP) is 18.0. The minimum absolute atomic E-state index is 0.0413. The van der Waals surface area contributed by atoms with Crippen LogP contribution >= 0.6 is 0 Å². The van der Waals surface area contributed by atoms with Crippen LogP contribution in [0.15, 0.2) is 109 Å². The second-order valence-electron chi connectivity index (χ2n) is 17.0. The van der Waals surface area contributed by atoms with Crippen LogP contribution in [0.4, 0.5) is 0 Å². The summed E-state index contributed by atoms with van der Waals surface area (Å²) in [4.78, 5) is 25.4. The third kappa shape index (κ3) is 51.2. The molecule has 5 nitrogen and oxygen atoms in total. The normalized spacial score (nSPS) is 13.1. The predicted molar refractivity (Wildman–Crippen MR) is 279 cm³/mol. The highest BCUT2D eigenvalue weighted by Gasteiger charge is 2.17. The molecule has 0 amide bonds. The lowest BCUT2D eigenvalue weighted by molar-refractivity contribution is -0.162. The van der Waals surface area contributed by atoms with Crippen molar-refractivity contribution in [3.8, 4) is 0 Å². The average Bonchev–Trinajstić information content (AvgIpc) is 3.30. The van der Waals surface area contributed by atoms with Crippen molar-refractivity contribution in [3.63, 3.8) is 0 Å². The molecule has 5 heteroatoms. The van der Waals surface area contributed by atoms with Gasteiger partial charge in [-0.3, -0.25) is 9.59 Å². The van der Waals surface area contributed by atoms with Crippen molar-refractivity contribution in [2.45, 2.75) is 232 Å². The third-order valence-corrected chi connectivity index (χ3v) is 10.8. The first kappa shape index (κ1) is 60.6. The number of hydrogen-bond acceptors (Lipinski definition) is 5. The van der Waals surface area contributed by atoms with E-state index in [2.05, 4.69) is 130 Å². The molecule has 0 aliphatic carbocycles. The van der Waals surface area contributed by atoms with Crippen molar-refractivity contribution in [1.29, 1.82) is 0 Å². The summed E-state index contributed by atoms with van der Waals surface area (Å²) in [5.74, 6) is -0.463. The number of unbranched alkanes of at least 4 members (excludes halogenated alkanes) is 18. The van der Waals surface area contributed by atoms with Gasteiger partial charge in [0.05, 0.1) is 13.2 Å². The van der Waals surface area contributed by atoms with Gasteiger partial charge in [-0.15, -0.1) is 0 Å². The number of rotatable bonds is 47. The first-order valence-electron chi connectivity index (χ1n) is 26.4. The van der Waals surface area contributed by atoms with Crippen LogP contribution in [-0.2, 0) is 23.8 Å². The van der Waals surface area contributed by atoms with E-state index in [0.29, 0.717) is 19.4 Å². The van der Waals surface area contributed by atoms with Crippen molar-refractivity contribution in [2.24, 2.45) is 0 Å². The molecule has 0 aromatic rings. The molecule has 0 aliphatic heterocycles. The van der Waals surface area contributed by atoms with Crippen LogP contribution in [0.1, 0.15) is 226 Å². The summed E-state index contributed by atoms with van der Waals surface area (Å²) >= 11 is 0. The number of allylic oxidation sites excluding steroid dienone is 17. The highest BCUT2D eigenvalue weighted by molar-refractivity contribution is 5.70. The zero-order valence-electron chi connectivity index (χ0n) is 41.8. The number of carbonyl (C=O) groups is 2. The fraction of sp³-hybridized carbons (Fsp3) is 0.661. The molecule has 0 heterocycles. The fourth-order valence-corrected chi connectivity index (χ4v) is 6.94. The van der Waals surface area contributed by atoms with Gasteiger partial charge in [-0.25, -0.2) is 0 Å². The van der Waals surface area contributed by atoms with E-state index >= 15 is 0 Å². The van der Waals surface area contributed by atoms with Crippen molar-refractivity contribution >= 4 is 11.9 Å². The van der Waals surface area contributed by atoms with Gasteiger partial charge in [0.15, 0.2) is 6.10 Å². The molecule has 1 unspecified atom stereocenters. The second kappa shape index (κ2) is 53.9. The van der Waals surface area contributed by atoms with Crippen molar-refractivity contribution in [3.05, 3.63) is 109 Å². The molecule has 0 N–H and O–H groups in total. The molecule has 364 valence electrons. The van der Waals surface area contributed by atoms with Crippen LogP contribution in [0.3, 0.4) is 0 Å². The Labute approximate surface area is 395 Å². The van der Waals surface area contributed by atoms with Crippen molar-refractivity contribution in [2.75, 3.05) is 19.8 Å². The molecule has 0 saturated heterocycles. The van der Waals surface area contributed by atoms with Gasteiger partial charge in [0.25, 0.3) is 0 Å². The molecular formula is C59H98O5. The standard InChI is InChI=1S/C59H98O5/c1-4-7-10-13-16-19-22-25-28-30-32-34-37-40-43-46-49-52-58(60)63-56-57(55-62-54-51-48-45-42-39-36-33-29-26-23-20-17-14-11-8-5-2)64-59(61)53-50-47-44-41-38-35-31-27-24-21-18-15-12-9-6-3/h7-8,10-11,16-17,19-20,25-29,31,36,39,45,48,57H,4-6,9,12-15,18,21-24,30,32-35,37-38,40-44,46-47,49-56H2,1-3H3/b10-7-,11-8-,19-16-,20-17-,28-25-,29-26-,31-27-,39-36-,48-45-. The summed E-state index contributed by atoms with van der Waals surface area (Å²) < 4.78 is 17.3. The van der Waals surface area contributed by atoms with Crippen molar-refractivity contribution < 1.29 is 23.8 Å². The summed E-state index contributed by atoms with van der Waals surface area (Å²) in [6, 6.07) is 0. The van der Waals surface area contributed by atoms with Gasteiger partial charge in [0.2, 0.25) is 0 Å². The first-order chi connectivity index (χ1) is 31.6. The van der Waals surface area contributed by atoms with E-state index in [9.17, 15) is 9.59 Å². The number of esters is 2. The molecule has 0 aromatic carbocycles. The zero-order valence-corrected chi connectivity index (χ0v) is 41.8. The minimum atomic E-state index is -0.591. The maximum absolute atomic E-state index is 12.8. The molecule has 0 aliphatic rings. The van der Waals surface area contributed by atoms with Gasteiger partial charge in [-0.2, -0.15) is 0 Å². The number of hydrogen-bond donors (Lipinski definition) is 0. The zero-order chi connectivity index (χ0) is 46.3. The van der Waals surface area contributed by atoms with Crippen LogP contribution in [0.2, 0.25) is 0 Å². The maximum Gasteiger partial charge on any atom is 0.306 e. The summed E-state index contributed by atoms with van der Waals surface area (Å²) in [5, 5.41) is 0. The lowest BCUT2D eigenvalue weighted by Crippen LogP contribution is -2.30. The second-order valence-corrected chi connectivity index (χ2v) is 17.0. The number of carbonyl (C=O) groups excluding carboxylic acids is 2. The quantitative estimate of drug-likeness (QED) is 0.0346. The SMILES string of the molecule is CC/C=C\C/C=C\C/C=C\C/C=C\C/C=C\CCOCC(COC(=O)CCCCCCCCC/C=C\C/C=C\C/C=C\CC)OC(=O)CCCCCCC/C=C\CCCCCCCC. The van der Waals surface area contributed by atoms with Crippen LogP contribution in [-0.4, -0.2) is 37.9 Å². The van der Waals surface area contributed by atoms with E-state index < -0.39 is 6.10 Å². The van der Waals surface area contributed by atoms with Gasteiger partial charge in [-0.1, -0.05) is 214 Å². The Morgan fingerprint density at radius 3 is 1.14 bits per heavy atom. The fourth-order valence-electron chi connectivity index (χ4n) is 6.94. The Morgan fingerprint density at radius 2 is 0.703 bits per heavy atom. The van der Waals surface area contributed by atoms with Gasteiger partial charge >= 0.3 is 11.9 Å². The molecule has 0 aromatic heterocycles. The lowest BCUT2D eigenvalue weighted by atomic mass is 10.1. The molecule has 0 radical (unpaired) electrons. The summed E-state index contributed by atoms with van der Waals surface area (Å²) in [6.45, 7) is 7.37. The van der Waals surface area contributed by atoms with Crippen LogP contribution < -0.4 is 0 Å². The van der Waals surface area contributed by atoms with Gasteiger partial charge in [0.1, 0.15) is 6.61 Å². The molecular weight excluding hydrogens is 789 g/mol. The molecule has 1 atom stereocenters. The van der Waals surface area contributed by atoms with E-state index in [1.54, 1.807) is 0 Å².